The van der Waals surface area contributed by atoms with Crippen molar-refractivity contribution in [2.75, 3.05) is 5.32 Å². The normalized spacial score (nSPS) is 14.5. The second-order valence-electron chi connectivity index (χ2n) is 6.89. The smallest absolute Gasteiger partial charge is 0.227 e. The monoisotopic (exact) mass is 435 g/mol. The molecule has 1 saturated carbocycles. The summed E-state index contributed by atoms with van der Waals surface area (Å²) in [4.78, 5) is 16.3. The molecule has 1 aromatic heterocycles. The Morgan fingerprint density at radius 2 is 1.87 bits per heavy atom. The predicted molar refractivity (Wildman–Crippen MR) is 125 cm³/mol. The average Bonchev–Trinajstić information content (AvgIpc) is 3.64. The maximum atomic E-state index is 11.6. The van der Waals surface area contributed by atoms with Crippen molar-refractivity contribution in [1.82, 2.24) is 9.71 Å². The van der Waals surface area contributed by atoms with E-state index in [1.807, 2.05) is 48.7 Å². The molecule has 1 heterocycles. The molecule has 4 rings (SSSR count). The minimum Gasteiger partial charge on any atom is -0.405 e. The Kier molecular flexibility index (Phi) is 7.78. The molecule has 3 aromatic rings. The van der Waals surface area contributed by atoms with Crippen LogP contribution >= 0.6 is 0 Å². The molecule has 2 aromatic carbocycles. The Hall–Kier alpha value is -3.65. The summed E-state index contributed by atoms with van der Waals surface area (Å²) in [5, 5.41) is 5.13. The number of allylic oxidation sites excluding steroid dienone is 2. The average molecular weight is 436 g/mol. The van der Waals surface area contributed by atoms with Crippen molar-refractivity contribution in [3.05, 3.63) is 91.2 Å². The second kappa shape index (κ2) is 10.9. The van der Waals surface area contributed by atoms with Crippen molar-refractivity contribution in [3.8, 4) is 0 Å². The van der Waals surface area contributed by atoms with E-state index in [2.05, 4.69) is 15.0 Å². The van der Waals surface area contributed by atoms with Gasteiger partial charge in [-0.25, -0.2) is 4.21 Å². The Balaban J connectivity index is 0.000000176. The number of amides is 1. The Bertz CT molecular complexity index is 1110. The molecule has 1 aliphatic carbocycles. The van der Waals surface area contributed by atoms with E-state index in [-0.39, 0.29) is 11.8 Å². The highest BCUT2D eigenvalue weighted by atomic mass is 32.2. The highest BCUT2D eigenvalue weighted by molar-refractivity contribution is 7.83. The number of hydrogen-bond acceptors (Lipinski definition) is 5. The summed E-state index contributed by atoms with van der Waals surface area (Å²) < 4.78 is 14.3. The summed E-state index contributed by atoms with van der Waals surface area (Å²) in [6.45, 7) is 0. The summed E-state index contributed by atoms with van der Waals surface area (Å²) in [5.74, 6) is 0.695. The van der Waals surface area contributed by atoms with Crippen LogP contribution in [0.4, 0.5) is 5.69 Å². The fourth-order valence-corrected chi connectivity index (χ4v) is 3.46. The molecular weight excluding hydrogens is 410 g/mol. The van der Waals surface area contributed by atoms with Gasteiger partial charge in [-0.1, -0.05) is 24.3 Å². The van der Waals surface area contributed by atoms with Crippen LogP contribution in [0.3, 0.4) is 0 Å². The molecule has 8 heteroatoms. The Labute approximate surface area is 183 Å². The molecule has 0 radical (unpaired) electrons. The van der Waals surface area contributed by atoms with Crippen molar-refractivity contribution in [1.29, 1.82) is 0 Å². The van der Waals surface area contributed by atoms with Gasteiger partial charge in [0.25, 0.3) is 0 Å². The van der Waals surface area contributed by atoms with Crippen LogP contribution in [0.2, 0.25) is 0 Å². The third-order valence-electron chi connectivity index (χ3n) is 4.41. The zero-order valence-electron chi connectivity index (χ0n) is 16.9. The first-order chi connectivity index (χ1) is 15.1. The van der Waals surface area contributed by atoms with E-state index in [4.69, 9.17) is 11.5 Å². The number of anilines is 1. The van der Waals surface area contributed by atoms with E-state index >= 15 is 0 Å². The summed E-state index contributed by atoms with van der Waals surface area (Å²) in [5.41, 5.74) is 11.6. The number of aromatic nitrogens is 1. The fraction of sp³-hybridized carbons (Fsp3) is 0.130. The number of carbonyl (C=O) groups excluding carboxylic acids is 1. The van der Waals surface area contributed by atoms with Crippen molar-refractivity contribution in [3.63, 3.8) is 0 Å². The van der Waals surface area contributed by atoms with E-state index in [1.54, 1.807) is 30.5 Å². The van der Waals surface area contributed by atoms with Crippen LogP contribution in [0.5, 0.6) is 0 Å². The topological polar surface area (TPSA) is 123 Å². The third kappa shape index (κ3) is 6.97. The van der Waals surface area contributed by atoms with Gasteiger partial charge in [0.2, 0.25) is 5.91 Å². The van der Waals surface area contributed by atoms with Crippen LogP contribution in [-0.2, 0) is 15.8 Å². The lowest BCUT2D eigenvalue weighted by atomic mass is 10.1. The van der Waals surface area contributed by atoms with Crippen molar-refractivity contribution in [2.45, 2.75) is 17.7 Å². The van der Waals surface area contributed by atoms with E-state index < -0.39 is 11.0 Å². The largest absolute Gasteiger partial charge is 0.405 e. The van der Waals surface area contributed by atoms with Gasteiger partial charge in [-0.2, -0.15) is 0 Å². The quantitative estimate of drug-likeness (QED) is 0.443. The second-order valence-corrected chi connectivity index (χ2v) is 8.10. The number of benzene rings is 2. The van der Waals surface area contributed by atoms with E-state index in [0.29, 0.717) is 10.7 Å². The van der Waals surface area contributed by atoms with Gasteiger partial charge in [0.15, 0.2) is 11.0 Å². The van der Waals surface area contributed by atoms with Crippen molar-refractivity contribution in [2.24, 2.45) is 17.4 Å². The van der Waals surface area contributed by atoms with Gasteiger partial charge >= 0.3 is 0 Å². The number of nitrogens with one attached hydrogen (secondary N) is 2. The molecule has 160 valence electrons. The highest BCUT2D eigenvalue weighted by Crippen LogP contribution is 2.30. The lowest BCUT2D eigenvalue weighted by Crippen LogP contribution is -2.22. The maximum absolute atomic E-state index is 11.6. The SMILES string of the molecule is N/C=C\C=C(/N)NS(=O)c1ccccc1.O=C(Nc1ccc2cnccc2c1)C1CC1. The minimum absolute atomic E-state index is 0.147. The van der Waals surface area contributed by atoms with E-state index in [1.165, 1.54) is 6.20 Å². The molecule has 0 spiro atoms. The van der Waals surface area contributed by atoms with E-state index in [9.17, 15) is 9.00 Å². The molecule has 6 N–H and O–H groups in total. The first-order valence-electron chi connectivity index (χ1n) is 9.79. The lowest BCUT2D eigenvalue weighted by molar-refractivity contribution is -0.117. The summed E-state index contributed by atoms with van der Waals surface area (Å²) >= 11 is 0. The van der Waals surface area contributed by atoms with Gasteiger partial charge in [0.1, 0.15) is 5.82 Å². The van der Waals surface area contributed by atoms with Crippen LogP contribution in [0.25, 0.3) is 10.8 Å². The van der Waals surface area contributed by atoms with E-state index in [0.717, 1.165) is 29.3 Å². The maximum Gasteiger partial charge on any atom is 0.227 e. The molecule has 0 aliphatic heterocycles. The first-order valence-corrected chi connectivity index (χ1v) is 10.9. The zero-order valence-corrected chi connectivity index (χ0v) is 17.7. The number of pyridine rings is 1. The Morgan fingerprint density at radius 1 is 1.10 bits per heavy atom. The van der Waals surface area contributed by atoms with Crippen LogP contribution in [0.1, 0.15) is 12.8 Å². The molecule has 1 unspecified atom stereocenters. The number of nitrogens with zero attached hydrogens (tertiary/aromatic N) is 1. The molecule has 1 fully saturated rings. The van der Waals surface area contributed by atoms with Crippen LogP contribution in [0, 0.1) is 5.92 Å². The van der Waals surface area contributed by atoms with Gasteiger partial charge in [-0.05, 0) is 66.9 Å². The third-order valence-corrected chi connectivity index (χ3v) is 5.53. The number of fused-ring (bicyclic) bond motifs is 1. The van der Waals surface area contributed by atoms with Gasteiger partial charge in [0.05, 0.1) is 4.90 Å². The minimum atomic E-state index is -1.33. The fourth-order valence-electron chi connectivity index (χ4n) is 2.65. The molecule has 31 heavy (non-hydrogen) atoms. The number of nitrogens with two attached hydrogens (primary N) is 2. The van der Waals surface area contributed by atoms with Crippen molar-refractivity contribution >= 4 is 33.4 Å². The van der Waals surface area contributed by atoms with Gasteiger partial charge in [-0.3, -0.25) is 14.5 Å². The highest BCUT2D eigenvalue weighted by Gasteiger charge is 2.29. The lowest BCUT2D eigenvalue weighted by Gasteiger charge is -2.05. The molecule has 1 atom stereocenters. The molecule has 7 nitrogen and oxygen atoms in total. The molecule has 0 saturated heterocycles. The molecule has 1 amide bonds. The molecular formula is C23H25N5O2S. The standard InChI is InChI=1S/C13H12N2O.C10H13N3OS/c16-13(9-1-2-9)15-12-4-3-11-8-14-6-5-10(11)7-12;11-8-4-7-10(12)13-15(14)9-5-2-1-3-6-9/h3-9H,1-2H2,(H,15,16);1-8,13H,11-12H2/b;8-4-,10-7+. The van der Waals surface area contributed by atoms with Crippen LogP contribution in [-0.4, -0.2) is 15.1 Å². The summed E-state index contributed by atoms with van der Waals surface area (Å²) in [6, 6.07) is 16.8. The summed E-state index contributed by atoms with van der Waals surface area (Å²) in [6.07, 6.45) is 10.1. The van der Waals surface area contributed by atoms with Crippen LogP contribution < -0.4 is 21.5 Å². The molecule has 0 bridgehead atoms. The van der Waals surface area contributed by atoms with Gasteiger partial charge in [0, 0.05) is 29.4 Å². The number of hydrogen-bond donors (Lipinski definition) is 4. The predicted octanol–water partition coefficient (Wildman–Crippen LogP) is 3.15. The molecule has 1 aliphatic rings. The summed E-state index contributed by atoms with van der Waals surface area (Å²) in [7, 11) is -1.33. The van der Waals surface area contributed by atoms with Crippen molar-refractivity contribution < 1.29 is 9.00 Å². The zero-order chi connectivity index (χ0) is 22.1. The van der Waals surface area contributed by atoms with Gasteiger partial charge < -0.3 is 16.8 Å². The Morgan fingerprint density at radius 3 is 2.58 bits per heavy atom. The first kappa shape index (κ1) is 22.0. The number of carbonyl (C=O) groups is 1. The van der Waals surface area contributed by atoms with Crippen LogP contribution in [0.15, 0.2) is 96.1 Å². The number of rotatable bonds is 6. The van der Waals surface area contributed by atoms with Gasteiger partial charge in [-0.15, -0.1) is 0 Å².